The Balaban J connectivity index is 1.75. The molecule has 4 atom stereocenters. The predicted molar refractivity (Wildman–Crippen MR) is 61.9 cm³/mol. The van der Waals surface area contributed by atoms with Crippen LogP contribution in [0.4, 0.5) is 0 Å². The minimum absolute atomic E-state index is 0.137. The van der Waals surface area contributed by atoms with Crippen LogP contribution in [0.15, 0.2) is 0 Å². The minimum atomic E-state index is 0.137. The Kier molecular flexibility index (Phi) is 3.82. The lowest BCUT2D eigenvalue weighted by Crippen LogP contribution is -2.42. The van der Waals surface area contributed by atoms with Crippen LogP contribution in [0, 0.1) is 5.92 Å². The van der Waals surface area contributed by atoms with Gasteiger partial charge in [0.2, 0.25) is 5.91 Å². The van der Waals surface area contributed by atoms with Crippen LogP contribution in [0.2, 0.25) is 0 Å². The Morgan fingerprint density at radius 1 is 1.56 bits per heavy atom. The third kappa shape index (κ3) is 2.55. The van der Waals surface area contributed by atoms with Crippen LogP contribution >= 0.6 is 0 Å². The lowest BCUT2D eigenvalue weighted by atomic mass is 9.95. The molecule has 4 heteroatoms. The van der Waals surface area contributed by atoms with E-state index in [0.29, 0.717) is 25.0 Å². The Hall–Kier alpha value is -0.610. The molecule has 0 saturated carbocycles. The standard InChI is InChI=1S/C12H22N2O2/c1-2-8(7-13)5-12(15)14-10-6-9-3-4-11(10)16-9/h8-11H,2-7,13H2,1H3,(H,14,15). The fourth-order valence-electron chi connectivity index (χ4n) is 2.71. The van der Waals surface area contributed by atoms with Crippen molar-refractivity contribution in [2.24, 2.45) is 11.7 Å². The van der Waals surface area contributed by atoms with Crippen molar-refractivity contribution in [3.8, 4) is 0 Å². The van der Waals surface area contributed by atoms with Gasteiger partial charge in [-0.25, -0.2) is 0 Å². The first-order valence-electron chi connectivity index (χ1n) is 6.37. The number of rotatable bonds is 5. The molecule has 3 N–H and O–H groups in total. The molecular weight excluding hydrogens is 204 g/mol. The number of nitrogens with two attached hydrogens (primary N) is 1. The summed E-state index contributed by atoms with van der Waals surface area (Å²) in [7, 11) is 0. The van der Waals surface area contributed by atoms with E-state index in [2.05, 4.69) is 12.2 Å². The third-order valence-electron chi connectivity index (χ3n) is 3.84. The van der Waals surface area contributed by atoms with Gasteiger partial charge in [-0.3, -0.25) is 4.79 Å². The number of nitrogens with one attached hydrogen (secondary N) is 1. The summed E-state index contributed by atoms with van der Waals surface area (Å²) in [6, 6.07) is 0.251. The van der Waals surface area contributed by atoms with Crippen molar-refractivity contribution in [2.45, 2.75) is 57.3 Å². The molecule has 0 radical (unpaired) electrons. The fourth-order valence-corrected chi connectivity index (χ4v) is 2.71. The average molecular weight is 226 g/mol. The van der Waals surface area contributed by atoms with Gasteiger partial charge in [0, 0.05) is 6.42 Å². The third-order valence-corrected chi connectivity index (χ3v) is 3.84. The average Bonchev–Trinajstić information content (AvgIpc) is 2.87. The summed E-state index contributed by atoms with van der Waals surface area (Å²) in [4.78, 5) is 11.8. The van der Waals surface area contributed by atoms with Crippen molar-refractivity contribution in [1.29, 1.82) is 0 Å². The molecule has 2 heterocycles. The van der Waals surface area contributed by atoms with Crippen molar-refractivity contribution in [3.63, 3.8) is 0 Å². The van der Waals surface area contributed by atoms with Crippen molar-refractivity contribution in [2.75, 3.05) is 6.54 Å². The summed E-state index contributed by atoms with van der Waals surface area (Å²) in [6.07, 6.45) is 5.45. The molecule has 1 amide bonds. The smallest absolute Gasteiger partial charge is 0.220 e. The molecule has 16 heavy (non-hydrogen) atoms. The molecular formula is C12H22N2O2. The largest absolute Gasteiger partial charge is 0.373 e. The lowest BCUT2D eigenvalue weighted by Gasteiger charge is -2.21. The SMILES string of the molecule is CCC(CN)CC(=O)NC1CC2CCC1O2. The van der Waals surface area contributed by atoms with Crippen molar-refractivity contribution in [3.05, 3.63) is 0 Å². The fraction of sp³-hybridized carbons (Fsp3) is 0.917. The number of hydrogen-bond donors (Lipinski definition) is 2. The number of carbonyl (C=O) groups excluding carboxylic acids is 1. The highest BCUT2D eigenvalue weighted by atomic mass is 16.5. The van der Waals surface area contributed by atoms with Gasteiger partial charge in [-0.15, -0.1) is 0 Å². The maximum Gasteiger partial charge on any atom is 0.220 e. The number of fused-ring (bicyclic) bond motifs is 2. The molecule has 0 spiro atoms. The monoisotopic (exact) mass is 226 g/mol. The van der Waals surface area contributed by atoms with Crippen LogP contribution in [0.1, 0.15) is 39.0 Å². The Morgan fingerprint density at radius 2 is 2.38 bits per heavy atom. The normalized spacial score (nSPS) is 34.0. The molecule has 4 unspecified atom stereocenters. The Labute approximate surface area is 96.9 Å². The number of ether oxygens (including phenoxy) is 1. The van der Waals surface area contributed by atoms with Crippen molar-refractivity contribution >= 4 is 5.91 Å². The zero-order valence-electron chi connectivity index (χ0n) is 9.95. The second kappa shape index (κ2) is 5.15. The summed E-state index contributed by atoms with van der Waals surface area (Å²) in [5.74, 6) is 0.456. The van der Waals surface area contributed by atoms with Gasteiger partial charge in [0.15, 0.2) is 0 Å². The van der Waals surface area contributed by atoms with Gasteiger partial charge < -0.3 is 15.8 Å². The first kappa shape index (κ1) is 11.9. The summed E-state index contributed by atoms with van der Waals surface area (Å²) < 4.78 is 5.70. The van der Waals surface area contributed by atoms with Gasteiger partial charge in [0.25, 0.3) is 0 Å². The molecule has 2 aliphatic rings. The predicted octanol–water partition coefficient (Wildman–Crippen LogP) is 0.797. The maximum absolute atomic E-state index is 11.8. The topological polar surface area (TPSA) is 64.4 Å². The first-order valence-corrected chi connectivity index (χ1v) is 6.37. The Bertz CT molecular complexity index is 253. The maximum atomic E-state index is 11.8. The van der Waals surface area contributed by atoms with Crippen LogP contribution in [-0.4, -0.2) is 30.7 Å². The second-order valence-corrected chi connectivity index (χ2v) is 5.00. The number of hydrogen-bond acceptors (Lipinski definition) is 3. The highest BCUT2D eigenvalue weighted by Gasteiger charge is 2.41. The van der Waals surface area contributed by atoms with Crippen molar-refractivity contribution in [1.82, 2.24) is 5.32 Å². The molecule has 0 aromatic rings. The number of carbonyl (C=O) groups is 1. The Morgan fingerprint density at radius 3 is 2.88 bits per heavy atom. The van der Waals surface area contributed by atoms with Gasteiger partial charge in [0.1, 0.15) is 0 Å². The van der Waals surface area contributed by atoms with E-state index < -0.39 is 0 Å². The molecule has 92 valence electrons. The zero-order valence-corrected chi connectivity index (χ0v) is 9.95. The highest BCUT2D eigenvalue weighted by Crippen LogP contribution is 2.34. The van der Waals surface area contributed by atoms with E-state index in [4.69, 9.17) is 10.5 Å². The van der Waals surface area contributed by atoms with Crippen molar-refractivity contribution < 1.29 is 9.53 Å². The number of amides is 1. The zero-order chi connectivity index (χ0) is 11.5. The quantitative estimate of drug-likeness (QED) is 0.728. The second-order valence-electron chi connectivity index (χ2n) is 5.00. The summed E-state index contributed by atoms with van der Waals surface area (Å²) >= 11 is 0. The molecule has 0 aliphatic carbocycles. The first-order chi connectivity index (χ1) is 7.72. The van der Waals surface area contributed by atoms with Crippen LogP contribution in [0.25, 0.3) is 0 Å². The summed E-state index contributed by atoms with van der Waals surface area (Å²) in [5, 5.41) is 3.09. The van der Waals surface area contributed by atoms with E-state index >= 15 is 0 Å². The molecule has 0 aromatic carbocycles. The highest BCUT2D eigenvalue weighted by molar-refractivity contribution is 5.76. The molecule has 2 fully saturated rings. The van der Waals surface area contributed by atoms with Gasteiger partial charge >= 0.3 is 0 Å². The molecule has 2 saturated heterocycles. The van der Waals surface area contributed by atoms with E-state index in [-0.39, 0.29) is 18.1 Å². The molecule has 2 aliphatic heterocycles. The summed E-state index contributed by atoms with van der Waals surface area (Å²) in [6.45, 7) is 2.67. The van der Waals surface area contributed by atoms with Gasteiger partial charge in [-0.05, 0) is 31.7 Å². The molecule has 4 nitrogen and oxygen atoms in total. The van der Waals surface area contributed by atoms with Gasteiger partial charge in [-0.2, -0.15) is 0 Å². The van der Waals surface area contributed by atoms with E-state index in [9.17, 15) is 4.79 Å². The van der Waals surface area contributed by atoms with Crippen LogP contribution < -0.4 is 11.1 Å². The van der Waals surface area contributed by atoms with E-state index in [1.807, 2.05) is 0 Å². The van der Waals surface area contributed by atoms with Crippen LogP contribution in [0.5, 0.6) is 0 Å². The van der Waals surface area contributed by atoms with Crippen LogP contribution in [-0.2, 0) is 9.53 Å². The minimum Gasteiger partial charge on any atom is -0.373 e. The van der Waals surface area contributed by atoms with Gasteiger partial charge in [-0.1, -0.05) is 13.3 Å². The summed E-state index contributed by atoms with van der Waals surface area (Å²) in [5.41, 5.74) is 5.60. The molecule has 2 bridgehead atoms. The van der Waals surface area contributed by atoms with Gasteiger partial charge in [0.05, 0.1) is 18.2 Å². The molecule has 2 rings (SSSR count). The molecule has 0 aromatic heterocycles. The lowest BCUT2D eigenvalue weighted by molar-refractivity contribution is -0.123. The van der Waals surface area contributed by atoms with E-state index in [1.165, 1.54) is 0 Å². The van der Waals surface area contributed by atoms with E-state index in [0.717, 1.165) is 25.7 Å². The van der Waals surface area contributed by atoms with E-state index in [1.54, 1.807) is 0 Å². The van der Waals surface area contributed by atoms with Crippen LogP contribution in [0.3, 0.4) is 0 Å².